The largest absolute Gasteiger partial charge is 0.377 e. The third-order valence-electron chi connectivity index (χ3n) is 5.13. The molecule has 3 rings (SSSR count). The van der Waals surface area contributed by atoms with E-state index in [0.717, 1.165) is 30.1 Å². The minimum absolute atomic E-state index is 0.145. The monoisotopic (exact) mass is 449 g/mol. The van der Waals surface area contributed by atoms with Crippen molar-refractivity contribution < 1.29 is 17.7 Å². The molecule has 1 aliphatic rings. The summed E-state index contributed by atoms with van der Waals surface area (Å²) in [5.41, 5.74) is 2.73. The Balaban J connectivity index is 1.53. The van der Waals surface area contributed by atoms with Crippen molar-refractivity contribution in [2.45, 2.75) is 32.2 Å². The minimum atomic E-state index is -3.42. The molecule has 0 bridgehead atoms. The molecule has 0 radical (unpaired) electrons. The smallest absolute Gasteiger partial charge is 0.220 e. The molecule has 10 heteroatoms. The van der Waals surface area contributed by atoms with Gasteiger partial charge < -0.3 is 19.5 Å². The molecule has 1 aromatic carbocycles. The molecule has 31 heavy (non-hydrogen) atoms. The Kier molecular flexibility index (Phi) is 8.44. The maximum Gasteiger partial charge on any atom is 0.220 e. The summed E-state index contributed by atoms with van der Waals surface area (Å²) in [6.45, 7) is 6.00. The topological polar surface area (TPSA) is 100 Å². The zero-order valence-corrected chi connectivity index (χ0v) is 19.0. The minimum Gasteiger partial charge on any atom is -0.377 e. The fourth-order valence-electron chi connectivity index (χ4n) is 3.47. The third kappa shape index (κ3) is 6.52. The summed E-state index contributed by atoms with van der Waals surface area (Å²) in [4.78, 5) is 6.47. The van der Waals surface area contributed by atoms with Crippen LogP contribution in [0.25, 0.3) is 0 Å². The first-order valence-corrected chi connectivity index (χ1v) is 12.1. The van der Waals surface area contributed by atoms with E-state index in [-0.39, 0.29) is 5.75 Å². The van der Waals surface area contributed by atoms with Crippen LogP contribution in [0.15, 0.2) is 46.1 Å². The molecule has 1 aliphatic heterocycles. The molecular weight excluding hydrogens is 418 g/mol. The van der Waals surface area contributed by atoms with Crippen LogP contribution in [0.1, 0.15) is 30.2 Å². The molecule has 1 aromatic heterocycles. The van der Waals surface area contributed by atoms with Gasteiger partial charge in [-0.2, -0.15) is 4.31 Å². The highest BCUT2D eigenvalue weighted by atomic mass is 32.2. The number of benzene rings is 1. The summed E-state index contributed by atoms with van der Waals surface area (Å²) in [6.07, 6.45) is 2.37. The average molecular weight is 450 g/mol. The van der Waals surface area contributed by atoms with Crippen LogP contribution < -0.4 is 5.32 Å². The van der Waals surface area contributed by atoms with Gasteiger partial charge in [-0.15, -0.1) is 0 Å². The molecule has 0 unspecified atom stereocenters. The molecule has 9 nitrogen and oxygen atoms in total. The van der Waals surface area contributed by atoms with Crippen LogP contribution in [0.3, 0.4) is 0 Å². The molecule has 1 fully saturated rings. The van der Waals surface area contributed by atoms with Crippen molar-refractivity contribution in [3.63, 3.8) is 0 Å². The zero-order chi connectivity index (χ0) is 22.1. The van der Waals surface area contributed by atoms with Gasteiger partial charge >= 0.3 is 0 Å². The molecule has 0 aliphatic carbocycles. The number of piperazine rings is 1. The van der Waals surface area contributed by atoms with Crippen LogP contribution in [-0.4, -0.2) is 68.6 Å². The standard InChI is InChI=1S/C21H31N5O4S/c1-3-13-29-16-19-7-5-4-6-18(19)15-23-21(22-2)25-9-11-26(12-10-25)31(27,28)17-20-8-14-30-24-20/h4-8,14H,3,9-13,15-17H2,1-2H3,(H,22,23). The van der Waals surface area contributed by atoms with Crippen LogP contribution in [0.5, 0.6) is 0 Å². The Hall–Kier alpha value is -2.43. The molecule has 0 spiro atoms. The van der Waals surface area contributed by atoms with Crippen molar-refractivity contribution in [3.8, 4) is 0 Å². The first-order valence-electron chi connectivity index (χ1n) is 10.5. The predicted octanol–water partition coefficient (Wildman–Crippen LogP) is 1.82. The van der Waals surface area contributed by atoms with Crippen LogP contribution in [-0.2, 0) is 33.7 Å². The molecule has 1 saturated heterocycles. The number of aromatic nitrogens is 1. The normalized spacial score (nSPS) is 15.9. The van der Waals surface area contributed by atoms with Crippen molar-refractivity contribution >= 4 is 16.0 Å². The Bertz CT molecular complexity index is 938. The number of hydrogen-bond donors (Lipinski definition) is 1. The number of guanidine groups is 1. The van der Waals surface area contributed by atoms with Gasteiger partial charge in [0.05, 0.1) is 12.3 Å². The summed E-state index contributed by atoms with van der Waals surface area (Å²) >= 11 is 0. The predicted molar refractivity (Wildman–Crippen MR) is 119 cm³/mol. The summed E-state index contributed by atoms with van der Waals surface area (Å²) in [7, 11) is -1.68. The molecule has 2 heterocycles. The van der Waals surface area contributed by atoms with Crippen LogP contribution in [0, 0.1) is 0 Å². The highest BCUT2D eigenvalue weighted by Gasteiger charge is 2.29. The maximum absolute atomic E-state index is 12.6. The van der Waals surface area contributed by atoms with Gasteiger partial charge in [-0.05, 0) is 17.5 Å². The second-order valence-corrected chi connectivity index (χ2v) is 9.32. The quantitative estimate of drug-likeness (QED) is 0.354. The highest BCUT2D eigenvalue weighted by Crippen LogP contribution is 2.14. The zero-order valence-electron chi connectivity index (χ0n) is 18.2. The Morgan fingerprint density at radius 1 is 1.19 bits per heavy atom. The van der Waals surface area contributed by atoms with E-state index in [1.807, 2.05) is 12.1 Å². The van der Waals surface area contributed by atoms with E-state index < -0.39 is 10.0 Å². The molecular formula is C21H31N5O4S. The first-order chi connectivity index (χ1) is 15.0. The van der Waals surface area contributed by atoms with Gasteiger partial charge in [0.25, 0.3) is 0 Å². The third-order valence-corrected chi connectivity index (χ3v) is 6.94. The second kappa shape index (κ2) is 11.3. The van der Waals surface area contributed by atoms with Crippen LogP contribution in [0.4, 0.5) is 0 Å². The molecule has 170 valence electrons. The van der Waals surface area contributed by atoms with Gasteiger partial charge in [0, 0.05) is 52.4 Å². The van der Waals surface area contributed by atoms with Gasteiger partial charge in [-0.25, -0.2) is 8.42 Å². The van der Waals surface area contributed by atoms with Gasteiger partial charge in [-0.3, -0.25) is 4.99 Å². The highest BCUT2D eigenvalue weighted by molar-refractivity contribution is 7.88. The fraction of sp³-hybridized carbons (Fsp3) is 0.524. The molecule has 0 amide bonds. The van der Waals surface area contributed by atoms with Gasteiger partial charge in [-0.1, -0.05) is 36.3 Å². The number of nitrogens with zero attached hydrogens (tertiary/aromatic N) is 4. The van der Waals surface area contributed by atoms with Crippen molar-refractivity contribution in [1.82, 2.24) is 19.7 Å². The Morgan fingerprint density at radius 3 is 2.58 bits per heavy atom. The van der Waals surface area contributed by atoms with Gasteiger partial charge in [0.1, 0.15) is 12.0 Å². The number of sulfonamides is 1. The van der Waals surface area contributed by atoms with Crippen molar-refractivity contribution in [1.29, 1.82) is 0 Å². The SMILES string of the molecule is CCCOCc1ccccc1CNC(=NC)N1CCN(S(=O)(=O)Cc2ccon2)CC1. The van der Waals surface area contributed by atoms with Crippen LogP contribution >= 0.6 is 0 Å². The molecule has 2 aromatic rings. The summed E-state index contributed by atoms with van der Waals surface area (Å²) in [5, 5.41) is 7.11. The van der Waals surface area contributed by atoms with E-state index in [1.54, 1.807) is 13.1 Å². The van der Waals surface area contributed by atoms with E-state index >= 15 is 0 Å². The second-order valence-electron chi connectivity index (χ2n) is 7.36. The summed E-state index contributed by atoms with van der Waals surface area (Å²) in [5.74, 6) is 0.616. The molecule has 1 N–H and O–H groups in total. The lowest BCUT2D eigenvalue weighted by Gasteiger charge is -2.35. The number of aliphatic imine (C=N–C) groups is 1. The Morgan fingerprint density at radius 2 is 1.94 bits per heavy atom. The number of hydrogen-bond acceptors (Lipinski definition) is 6. The maximum atomic E-state index is 12.6. The van der Waals surface area contributed by atoms with E-state index in [4.69, 9.17) is 9.26 Å². The number of ether oxygens (including phenoxy) is 1. The molecule has 0 saturated carbocycles. The van der Waals surface area contributed by atoms with E-state index in [9.17, 15) is 8.42 Å². The molecule has 0 atom stereocenters. The fourth-order valence-corrected chi connectivity index (χ4v) is 4.90. The number of rotatable bonds is 9. The first kappa shape index (κ1) is 23.2. The van der Waals surface area contributed by atoms with Gasteiger partial charge in [0.2, 0.25) is 10.0 Å². The average Bonchev–Trinajstić information content (AvgIpc) is 3.28. The van der Waals surface area contributed by atoms with Crippen LogP contribution in [0.2, 0.25) is 0 Å². The van der Waals surface area contributed by atoms with E-state index in [2.05, 4.69) is 39.4 Å². The number of nitrogens with one attached hydrogen (secondary N) is 1. The summed E-state index contributed by atoms with van der Waals surface area (Å²) < 4.78 is 37.2. The van der Waals surface area contributed by atoms with E-state index in [1.165, 1.54) is 10.6 Å². The van der Waals surface area contributed by atoms with Crippen molar-refractivity contribution in [3.05, 3.63) is 53.4 Å². The van der Waals surface area contributed by atoms with Crippen molar-refractivity contribution in [2.24, 2.45) is 4.99 Å². The lowest BCUT2D eigenvalue weighted by Crippen LogP contribution is -2.53. The van der Waals surface area contributed by atoms with Gasteiger partial charge in [0.15, 0.2) is 5.96 Å². The lowest BCUT2D eigenvalue weighted by atomic mass is 10.1. The van der Waals surface area contributed by atoms with Crippen molar-refractivity contribution in [2.75, 3.05) is 39.8 Å². The lowest BCUT2D eigenvalue weighted by molar-refractivity contribution is 0.121. The Labute approximate surface area is 184 Å². The summed E-state index contributed by atoms with van der Waals surface area (Å²) in [6, 6.07) is 9.77. The van der Waals surface area contributed by atoms with E-state index in [0.29, 0.717) is 45.0 Å².